The number of hydrogen-bond acceptors (Lipinski definition) is 3. The van der Waals surface area contributed by atoms with Crippen LogP contribution in [0.15, 0.2) is 54.6 Å². The predicted octanol–water partition coefficient (Wildman–Crippen LogP) is 3.75. The molecule has 0 radical (unpaired) electrons. The Hall–Kier alpha value is -2.53. The predicted molar refractivity (Wildman–Crippen MR) is 103 cm³/mol. The highest BCUT2D eigenvalue weighted by molar-refractivity contribution is 6.32. The van der Waals surface area contributed by atoms with Gasteiger partial charge in [-0.3, -0.25) is 9.59 Å². The lowest BCUT2D eigenvalue weighted by Crippen LogP contribution is -2.51. The van der Waals surface area contributed by atoms with Crippen molar-refractivity contribution in [2.45, 2.75) is 31.3 Å². The number of halogens is 1. The van der Waals surface area contributed by atoms with Crippen LogP contribution in [0.25, 0.3) is 0 Å². The Kier molecular flexibility index (Phi) is 5.71. The number of carboxylic acid groups (broad SMARTS) is 1. The number of para-hydroxylation sites is 1. The minimum atomic E-state index is -0.953. The number of benzene rings is 2. The van der Waals surface area contributed by atoms with Gasteiger partial charge in [-0.25, -0.2) is 0 Å². The maximum absolute atomic E-state index is 12.7. The number of piperidine rings is 1. The molecule has 0 aromatic heterocycles. The molecule has 6 heteroatoms. The van der Waals surface area contributed by atoms with Crippen molar-refractivity contribution in [3.8, 4) is 5.75 Å². The molecule has 5 nitrogen and oxygen atoms in total. The second-order valence-electron chi connectivity index (χ2n) is 6.77. The maximum Gasteiger partial charge on any atom is 0.314 e. The molecule has 1 saturated heterocycles. The zero-order valence-corrected chi connectivity index (χ0v) is 15.9. The van der Waals surface area contributed by atoms with Gasteiger partial charge in [-0.15, -0.1) is 0 Å². The highest BCUT2D eigenvalue weighted by Crippen LogP contribution is 2.36. The molecule has 1 fully saturated rings. The van der Waals surface area contributed by atoms with Crippen molar-refractivity contribution in [1.82, 2.24) is 4.90 Å². The van der Waals surface area contributed by atoms with Crippen LogP contribution in [0.3, 0.4) is 0 Å². The molecule has 0 spiro atoms. The third-order valence-electron chi connectivity index (χ3n) is 5.15. The van der Waals surface area contributed by atoms with E-state index in [1.165, 1.54) is 0 Å². The number of hydrogen-bond donors (Lipinski definition) is 1. The maximum atomic E-state index is 12.7. The van der Waals surface area contributed by atoms with Crippen molar-refractivity contribution in [3.05, 3.63) is 65.2 Å². The van der Waals surface area contributed by atoms with E-state index in [1.807, 2.05) is 30.3 Å². The van der Waals surface area contributed by atoms with Gasteiger partial charge in [0.25, 0.3) is 5.91 Å². The molecule has 1 N–H and O–H groups in total. The number of aliphatic carboxylic acids is 1. The Morgan fingerprint density at radius 3 is 2.26 bits per heavy atom. The molecule has 2 aromatic carbocycles. The molecule has 1 aliphatic rings. The van der Waals surface area contributed by atoms with E-state index in [0.717, 1.165) is 5.56 Å². The lowest BCUT2D eigenvalue weighted by Gasteiger charge is -2.40. The topological polar surface area (TPSA) is 66.8 Å². The van der Waals surface area contributed by atoms with Crippen LogP contribution in [-0.4, -0.2) is 41.1 Å². The third-order valence-corrected chi connectivity index (χ3v) is 5.46. The molecule has 142 valence electrons. The molecule has 2 aromatic rings. The van der Waals surface area contributed by atoms with E-state index in [-0.39, 0.29) is 5.91 Å². The van der Waals surface area contributed by atoms with Gasteiger partial charge in [0.15, 0.2) is 6.10 Å². The standard InChI is InChI=1S/C21H22ClNO4/c1-15(27-18-10-6-5-9-17(18)22)19(24)23-13-11-21(12-14-23,20(25)26)16-7-3-2-4-8-16/h2-10,15H,11-14H2,1H3,(H,25,26). The summed E-state index contributed by atoms with van der Waals surface area (Å²) in [5.74, 6) is -0.552. The van der Waals surface area contributed by atoms with Crippen molar-refractivity contribution in [1.29, 1.82) is 0 Å². The molecule has 1 amide bonds. The normalized spacial score (nSPS) is 17.2. The number of ether oxygens (including phenoxy) is 1. The van der Waals surface area contributed by atoms with E-state index >= 15 is 0 Å². The number of amides is 1. The number of rotatable bonds is 5. The van der Waals surface area contributed by atoms with E-state index in [4.69, 9.17) is 16.3 Å². The van der Waals surface area contributed by atoms with Crippen molar-refractivity contribution in [3.63, 3.8) is 0 Å². The van der Waals surface area contributed by atoms with Crippen LogP contribution in [0.1, 0.15) is 25.3 Å². The van der Waals surface area contributed by atoms with Gasteiger partial charge < -0.3 is 14.7 Å². The smallest absolute Gasteiger partial charge is 0.314 e. The Bertz CT molecular complexity index is 816. The average Bonchev–Trinajstić information content (AvgIpc) is 2.69. The Labute approximate surface area is 163 Å². The van der Waals surface area contributed by atoms with Crippen LogP contribution < -0.4 is 4.74 Å². The molecule has 0 saturated carbocycles. The highest BCUT2D eigenvalue weighted by Gasteiger charge is 2.44. The molecular weight excluding hydrogens is 366 g/mol. The van der Waals surface area contributed by atoms with Gasteiger partial charge in [-0.05, 0) is 37.5 Å². The Morgan fingerprint density at radius 2 is 1.67 bits per heavy atom. The van der Waals surface area contributed by atoms with Crippen LogP contribution in [0, 0.1) is 0 Å². The van der Waals surface area contributed by atoms with Gasteiger partial charge >= 0.3 is 5.97 Å². The van der Waals surface area contributed by atoms with Gasteiger partial charge in [0.1, 0.15) is 5.75 Å². The van der Waals surface area contributed by atoms with Crippen molar-refractivity contribution in [2.24, 2.45) is 0 Å². The summed E-state index contributed by atoms with van der Waals surface area (Å²) in [6.45, 7) is 2.43. The molecule has 1 heterocycles. The molecule has 27 heavy (non-hydrogen) atoms. The first kappa shape index (κ1) is 19.2. The fourth-order valence-electron chi connectivity index (χ4n) is 3.53. The minimum absolute atomic E-state index is 0.165. The summed E-state index contributed by atoms with van der Waals surface area (Å²) >= 11 is 6.08. The molecule has 1 aliphatic heterocycles. The van der Waals surface area contributed by atoms with Gasteiger partial charge in [0, 0.05) is 13.1 Å². The fourth-order valence-corrected chi connectivity index (χ4v) is 3.71. The zero-order valence-electron chi connectivity index (χ0n) is 15.1. The number of likely N-dealkylation sites (tertiary alicyclic amines) is 1. The monoisotopic (exact) mass is 387 g/mol. The molecule has 1 unspecified atom stereocenters. The summed E-state index contributed by atoms with van der Waals surface area (Å²) < 4.78 is 5.70. The molecule has 0 aliphatic carbocycles. The first-order valence-electron chi connectivity index (χ1n) is 8.93. The SMILES string of the molecule is CC(Oc1ccccc1Cl)C(=O)N1CCC(C(=O)O)(c2ccccc2)CC1. The van der Waals surface area contributed by atoms with Gasteiger partial charge in [-0.1, -0.05) is 54.1 Å². The second kappa shape index (κ2) is 8.01. The summed E-state index contributed by atoms with van der Waals surface area (Å²) in [5, 5.41) is 10.3. The Balaban J connectivity index is 1.68. The summed E-state index contributed by atoms with van der Waals surface area (Å²) in [6, 6.07) is 16.2. The van der Waals surface area contributed by atoms with Crippen LogP contribution >= 0.6 is 11.6 Å². The number of carboxylic acids is 1. The van der Waals surface area contributed by atoms with Crippen molar-refractivity contribution >= 4 is 23.5 Å². The van der Waals surface area contributed by atoms with E-state index in [1.54, 1.807) is 36.1 Å². The zero-order chi connectivity index (χ0) is 19.4. The summed E-state index contributed by atoms with van der Waals surface area (Å²) in [5.41, 5.74) is -0.171. The highest BCUT2D eigenvalue weighted by atomic mass is 35.5. The van der Waals surface area contributed by atoms with Crippen LogP contribution in [0.2, 0.25) is 5.02 Å². The van der Waals surface area contributed by atoms with Crippen LogP contribution in [0.5, 0.6) is 5.75 Å². The first-order chi connectivity index (χ1) is 12.9. The number of carbonyl (C=O) groups excluding carboxylic acids is 1. The van der Waals surface area contributed by atoms with E-state index in [9.17, 15) is 14.7 Å². The molecular formula is C21H22ClNO4. The summed E-state index contributed by atoms with van der Waals surface area (Å²) in [7, 11) is 0. The van der Waals surface area contributed by atoms with Crippen molar-refractivity contribution in [2.75, 3.05) is 13.1 Å². The molecule has 3 rings (SSSR count). The lowest BCUT2D eigenvalue weighted by molar-refractivity contribution is -0.149. The lowest BCUT2D eigenvalue weighted by atomic mass is 9.73. The summed E-state index contributed by atoms with van der Waals surface area (Å²) in [4.78, 5) is 26.4. The minimum Gasteiger partial charge on any atom is -0.481 e. The van der Waals surface area contributed by atoms with Gasteiger partial charge in [-0.2, -0.15) is 0 Å². The quantitative estimate of drug-likeness (QED) is 0.848. The van der Waals surface area contributed by atoms with Crippen LogP contribution in [0.4, 0.5) is 0 Å². The van der Waals surface area contributed by atoms with Gasteiger partial charge in [0.05, 0.1) is 10.4 Å². The first-order valence-corrected chi connectivity index (χ1v) is 9.31. The number of carbonyl (C=O) groups is 2. The van der Waals surface area contributed by atoms with Crippen molar-refractivity contribution < 1.29 is 19.4 Å². The van der Waals surface area contributed by atoms with E-state index in [2.05, 4.69) is 0 Å². The Morgan fingerprint density at radius 1 is 1.07 bits per heavy atom. The van der Waals surface area contributed by atoms with E-state index < -0.39 is 17.5 Å². The average molecular weight is 388 g/mol. The molecule has 1 atom stereocenters. The largest absolute Gasteiger partial charge is 0.481 e. The van der Waals surface area contributed by atoms with Gasteiger partial charge in [0.2, 0.25) is 0 Å². The summed E-state index contributed by atoms with van der Waals surface area (Å²) in [6.07, 6.45) is 0.0484. The van der Waals surface area contributed by atoms with Crippen LogP contribution in [-0.2, 0) is 15.0 Å². The number of nitrogens with zero attached hydrogens (tertiary/aromatic N) is 1. The molecule has 0 bridgehead atoms. The van der Waals surface area contributed by atoms with E-state index in [0.29, 0.717) is 36.7 Å². The third kappa shape index (κ3) is 3.93. The second-order valence-corrected chi connectivity index (χ2v) is 7.18. The fraction of sp³-hybridized carbons (Fsp3) is 0.333.